The maximum absolute atomic E-state index is 12.6. The molecule has 0 saturated heterocycles. The van der Waals surface area contributed by atoms with Crippen molar-refractivity contribution in [3.63, 3.8) is 0 Å². The van der Waals surface area contributed by atoms with Gasteiger partial charge in [-0.05, 0) is 0 Å². The summed E-state index contributed by atoms with van der Waals surface area (Å²) < 4.78 is 24.9. The molecule has 1 unspecified atom stereocenters. The lowest BCUT2D eigenvalue weighted by Crippen LogP contribution is -2.28. The minimum absolute atomic E-state index is 0.246. The van der Waals surface area contributed by atoms with E-state index >= 15 is 0 Å². The summed E-state index contributed by atoms with van der Waals surface area (Å²) in [4.78, 5) is 29.0. The molecule has 1 aromatic carbocycles. The van der Waals surface area contributed by atoms with Gasteiger partial charge in [0.15, 0.2) is 16.9 Å². The molecule has 3 aromatic rings. The smallest absolute Gasteiger partial charge is 0.341 e. The molecule has 0 radical (unpaired) electrons. The molecule has 0 bridgehead atoms. The summed E-state index contributed by atoms with van der Waals surface area (Å²) in [5, 5.41) is 9.76. The molecular formula is C22H19ClN2O7S. The minimum atomic E-state index is -1.32. The average molecular weight is 491 g/mol. The number of nitrogens with zero attached hydrogens (tertiary/aromatic N) is 2. The van der Waals surface area contributed by atoms with Crippen molar-refractivity contribution in [1.29, 1.82) is 0 Å². The van der Waals surface area contributed by atoms with Crippen LogP contribution in [0.2, 0.25) is 5.15 Å². The van der Waals surface area contributed by atoms with Gasteiger partial charge in [-0.25, -0.2) is 9.78 Å². The number of fused-ring (bicyclic) bond motifs is 5. The van der Waals surface area contributed by atoms with Crippen LogP contribution in [-0.2, 0) is 11.2 Å². The van der Waals surface area contributed by atoms with Gasteiger partial charge in [0.2, 0.25) is 6.23 Å². The van der Waals surface area contributed by atoms with Crippen molar-refractivity contribution in [2.45, 2.75) is 19.1 Å². The lowest BCUT2D eigenvalue weighted by Gasteiger charge is -2.32. The summed E-state index contributed by atoms with van der Waals surface area (Å²) >= 11 is 7.57. The lowest BCUT2D eigenvalue weighted by atomic mass is 9.97. The molecule has 2 aliphatic heterocycles. The molecule has 0 spiro atoms. The number of pyridine rings is 1. The standard InChI is InChI=1S/C22H19ClN2O7S/c1-29-4-2-5-30-16-8-15-17(11-3-6-31-18(11)16)13-7-14(26)12(22(27)28)9-25(13)21(32-15)19-20(23)24-10-33-19/h7-10,21H,2-6H2,1H3,(H,27,28). The number of carbonyl (C=O) groups is 1. The van der Waals surface area contributed by atoms with Crippen molar-refractivity contribution in [1.82, 2.24) is 9.55 Å². The molecule has 2 aliphatic rings. The Labute approximate surface area is 197 Å². The Hall–Kier alpha value is -3.08. The average Bonchev–Trinajstić information content (AvgIpc) is 3.44. The first-order chi connectivity index (χ1) is 16.0. The Bertz CT molecular complexity index is 1300. The highest BCUT2D eigenvalue weighted by molar-refractivity contribution is 7.10. The van der Waals surface area contributed by atoms with Crippen LogP contribution in [0.25, 0.3) is 11.3 Å². The van der Waals surface area contributed by atoms with E-state index in [-0.39, 0.29) is 10.7 Å². The summed E-state index contributed by atoms with van der Waals surface area (Å²) in [5.41, 5.74) is 2.67. The number of hydrogen-bond acceptors (Lipinski definition) is 8. The summed E-state index contributed by atoms with van der Waals surface area (Å²) in [6, 6.07) is 3.07. The van der Waals surface area contributed by atoms with E-state index < -0.39 is 17.6 Å². The third kappa shape index (κ3) is 3.73. The Morgan fingerprint density at radius 3 is 2.97 bits per heavy atom. The molecule has 11 heteroatoms. The quantitative estimate of drug-likeness (QED) is 0.500. The number of halogens is 1. The van der Waals surface area contributed by atoms with Gasteiger partial charge in [0.25, 0.3) is 0 Å². The molecule has 1 atom stereocenters. The first kappa shape index (κ1) is 21.7. The number of hydrogen-bond donors (Lipinski definition) is 1. The Balaban J connectivity index is 1.69. The van der Waals surface area contributed by atoms with Crippen LogP contribution < -0.4 is 19.6 Å². The van der Waals surface area contributed by atoms with E-state index in [1.807, 2.05) is 0 Å². The number of aromatic carboxylic acids is 1. The molecule has 9 nitrogen and oxygen atoms in total. The summed E-state index contributed by atoms with van der Waals surface area (Å²) in [7, 11) is 1.63. The predicted molar refractivity (Wildman–Crippen MR) is 120 cm³/mol. The molecule has 0 aliphatic carbocycles. The summed E-state index contributed by atoms with van der Waals surface area (Å²) in [6.45, 7) is 1.46. The van der Waals surface area contributed by atoms with Gasteiger partial charge in [-0.1, -0.05) is 11.6 Å². The van der Waals surface area contributed by atoms with Gasteiger partial charge in [-0.15, -0.1) is 11.3 Å². The van der Waals surface area contributed by atoms with Crippen LogP contribution in [0.3, 0.4) is 0 Å². The van der Waals surface area contributed by atoms with E-state index in [2.05, 4.69) is 4.98 Å². The van der Waals surface area contributed by atoms with Gasteiger partial charge >= 0.3 is 5.97 Å². The Kier molecular flexibility index (Phi) is 5.73. The fourth-order valence-corrected chi connectivity index (χ4v) is 5.08. The van der Waals surface area contributed by atoms with E-state index in [0.717, 1.165) is 5.56 Å². The maximum Gasteiger partial charge on any atom is 0.341 e. The largest absolute Gasteiger partial charge is 0.489 e. The number of methoxy groups -OCH3 is 1. The summed E-state index contributed by atoms with van der Waals surface area (Å²) in [6.07, 6.45) is 1.80. The highest BCUT2D eigenvalue weighted by atomic mass is 35.5. The SMILES string of the molecule is COCCCOc1cc2c(c3c1OCC3)-c1cc(=O)c(C(=O)O)cn1C(c1scnc1Cl)O2. The number of aromatic nitrogens is 2. The van der Waals surface area contributed by atoms with Gasteiger partial charge in [0.1, 0.15) is 21.3 Å². The maximum atomic E-state index is 12.6. The molecular weight excluding hydrogens is 472 g/mol. The number of ether oxygens (including phenoxy) is 4. The van der Waals surface area contributed by atoms with Crippen molar-refractivity contribution >= 4 is 28.9 Å². The molecule has 0 fully saturated rings. The normalized spacial score (nSPS) is 15.8. The second-order valence-corrected chi connectivity index (χ2v) is 8.72. The topological polar surface area (TPSA) is 109 Å². The van der Waals surface area contributed by atoms with Crippen LogP contribution in [0, 0.1) is 0 Å². The van der Waals surface area contributed by atoms with E-state index in [0.29, 0.717) is 66.0 Å². The number of carboxylic acid groups (broad SMARTS) is 1. The van der Waals surface area contributed by atoms with E-state index in [4.69, 9.17) is 30.5 Å². The number of carboxylic acids is 1. The van der Waals surface area contributed by atoms with E-state index in [9.17, 15) is 14.7 Å². The molecule has 172 valence electrons. The van der Waals surface area contributed by atoms with Crippen molar-refractivity contribution < 1.29 is 28.8 Å². The number of thiazole rings is 1. The minimum Gasteiger partial charge on any atom is -0.489 e. The van der Waals surface area contributed by atoms with Gasteiger partial charge in [0.05, 0.1) is 24.4 Å². The predicted octanol–water partition coefficient (Wildman–Crippen LogP) is 3.61. The van der Waals surface area contributed by atoms with Crippen LogP contribution in [0.1, 0.15) is 33.4 Å². The monoisotopic (exact) mass is 490 g/mol. The van der Waals surface area contributed by atoms with Gasteiger partial charge in [0, 0.05) is 56.0 Å². The zero-order valence-electron chi connectivity index (χ0n) is 17.5. The van der Waals surface area contributed by atoms with Crippen molar-refractivity contribution in [2.24, 2.45) is 0 Å². The fraction of sp³-hybridized carbons (Fsp3) is 0.318. The van der Waals surface area contributed by atoms with Gasteiger partial charge in [-0.2, -0.15) is 0 Å². The molecule has 0 saturated carbocycles. The molecule has 1 N–H and O–H groups in total. The third-order valence-electron chi connectivity index (χ3n) is 5.49. The number of benzene rings is 1. The van der Waals surface area contributed by atoms with Crippen LogP contribution in [0.15, 0.2) is 28.6 Å². The molecule has 5 rings (SSSR count). The Morgan fingerprint density at radius 2 is 2.24 bits per heavy atom. The number of rotatable bonds is 7. The van der Waals surface area contributed by atoms with Crippen molar-refractivity contribution in [3.05, 3.63) is 55.2 Å². The molecule has 33 heavy (non-hydrogen) atoms. The van der Waals surface area contributed by atoms with Crippen LogP contribution >= 0.6 is 22.9 Å². The zero-order valence-corrected chi connectivity index (χ0v) is 19.1. The first-order valence-corrected chi connectivity index (χ1v) is 11.4. The molecule has 4 heterocycles. The highest BCUT2D eigenvalue weighted by Crippen LogP contribution is 2.51. The van der Waals surface area contributed by atoms with Crippen molar-refractivity contribution in [2.75, 3.05) is 26.9 Å². The lowest BCUT2D eigenvalue weighted by molar-refractivity contribution is 0.0693. The van der Waals surface area contributed by atoms with E-state index in [1.165, 1.54) is 23.6 Å². The van der Waals surface area contributed by atoms with Gasteiger partial charge < -0.3 is 28.6 Å². The fourth-order valence-electron chi connectivity index (χ4n) is 4.05. The third-order valence-corrected chi connectivity index (χ3v) is 6.76. The van der Waals surface area contributed by atoms with Crippen molar-refractivity contribution in [3.8, 4) is 28.5 Å². The first-order valence-electron chi connectivity index (χ1n) is 10.2. The van der Waals surface area contributed by atoms with Crippen LogP contribution in [0.4, 0.5) is 0 Å². The summed E-state index contributed by atoms with van der Waals surface area (Å²) in [5.74, 6) is 0.330. The molecule has 2 aromatic heterocycles. The second-order valence-electron chi connectivity index (χ2n) is 7.48. The Morgan fingerprint density at radius 1 is 1.39 bits per heavy atom. The van der Waals surface area contributed by atoms with Crippen LogP contribution in [-0.4, -0.2) is 47.6 Å². The zero-order chi connectivity index (χ0) is 23.1. The second kappa shape index (κ2) is 8.69. The van der Waals surface area contributed by atoms with Gasteiger partial charge in [-0.3, -0.25) is 4.79 Å². The highest BCUT2D eigenvalue weighted by Gasteiger charge is 2.36. The van der Waals surface area contributed by atoms with E-state index in [1.54, 1.807) is 23.3 Å². The molecule has 0 amide bonds. The van der Waals surface area contributed by atoms with Crippen LogP contribution in [0.5, 0.6) is 17.2 Å².